The third kappa shape index (κ3) is 2.87. The smallest absolute Gasteiger partial charge is 0.287 e. The Kier molecular flexibility index (Phi) is 3.81. The summed E-state index contributed by atoms with van der Waals surface area (Å²) in [5.41, 5.74) is 6.06. The van der Waals surface area contributed by atoms with Gasteiger partial charge in [-0.25, -0.2) is 0 Å². The molecule has 0 aliphatic heterocycles. The lowest BCUT2D eigenvalue weighted by Gasteiger charge is -2.00. The molecule has 5 heteroatoms. The molecule has 0 radical (unpaired) electrons. The number of halogens is 1. The van der Waals surface area contributed by atoms with Crippen molar-refractivity contribution in [2.45, 2.75) is 6.42 Å². The summed E-state index contributed by atoms with van der Waals surface area (Å²) in [6.07, 6.45) is 0.761. The Morgan fingerprint density at radius 3 is 3.00 bits per heavy atom. The van der Waals surface area contributed by atoms with E-state index < -0.39 is 0 Å². The Balaban J connectivity index is 2.15. The van der Waals surface area contributed by atoms with Crippen molar-refractivity contribution in [1.82, 2.24) is 5.32 Å². The Hall–Kier alpha value is -1.33. The molecule has 17 heavy (non-hydrogen) atoms. The van der Waals surface area contributed by atoms with E-state index in [-0.39, 0.29) is 5.91 Å². The fourth-order valence-electron chi connectivity index (χ4n) is 1.52. The van der Waals surface area contributed by atoms with E-state index in [1.807, 2.05) is 18.2 Å². The van der Waals surface area contributed by atoms with Crippen molar-refractivity contribution in [1.29, 1.82) is 0 Å². The lowest BCUT2D eigenvalue weighted by Crippen LogP contribution is -2.25. The minimum Gasteiger partial charge on any atom is -0.451 e. The second-order valence-electron chi connectivity index (χ2n) is 3.69. The summed E-state index contributed by atoms with van der Waals surface area (Å²) in [4.78, 5) is 11.7. The number of amides is 1. The van der Waals surface area contributed by atoms with Crippen LogP contribution >= 0.6 is 15.9 Å². The van der Waals surface area contributed by atoms with E-state index in [1.54, 1.807) is 6.07 Å². The number of furan rings is 1. The van der Waals surface area contributed by atoms with Crippen LogP contribution in [-0.4, -0.2) is 19.0 Å². The Labute approximate surface area is 107 Å². The van der Waals surface area contributed by atoms with Crippen LogP contribution in [0.2, 0.25) is 0 Å². The van der Waals surface area contributed by atoms with Gasteiger partial charge in [0, 0.05) is 16.4 Å². The Morgan fingerprint density at radius 2 is 2.24 bits per heavy atom. The highest BCUT2D eigenvalue weighted by Gasteiger charge is 2.11. The third-order valence-electron chi connectivity index (χ3n) is 2.37. The van der Waals surface area contributed by atoms with Gasteiger partial charge in [0.15, 0.2) is 5.76 Å². The minimum absolute atomic E-state index is 0.203. The van der Waals surface area contributed by atoms with Crippen LogP contribution in [0.3, 0.4) is 0 Å². The van der Waals surface area contributed by atoms with Gasteiger partial charge in [0.05, 0.1) is 0 Å². The molecule has 2 rings (SSSR count). The van der Waals surface area contributed by atoms with Crippen molar-refractivity contribution in [2.24, 2.45) is 5.73 Å². The molecule has 0 aliphatic carbocycles. The highest BCUT2D eigenvalue weighted by Crippen LogP contribution is 2.23. The van der Waals surface area contributed by atoms with E-state index >= 15 is 0 Å². The standard InChI is InChI=1S/C12H13BrN2O2/c13-9-2-3-10-8(6-9)7-11(17-10)12(16)15-5-1-4-14/h2-3,6-7H,1,4-5,14H2,(H,15,16). The predicted octanol–water partition coefficient (Wildman–Crippen LogP) is 2.27. The van der Waals surface area contributed by atoms with Crippen molar-refractivity contribution >= 4 is 32.8 Å². The lowest BCUT2D eigenvalue weighted by atomic mass is 10.2. The molecule has 0 saturated heterocycles. The van der Waals surface area contributed by atoms with Gasteiger partial charge in [0.2, 0.25) is 0 Å². The zero-order valence-corrected chi connectivity index (χ0v) is 10.8. The van der Waals surface area contributed by atoms with E-state index in [2.05, 4.69) is 21.2 Å². The van der Waals surface area contributed by atoms with Crippen LogP contribution < -0.4 is 11.1 Å². The zero-order valence-electron chi connectivity index (χ0n) is 9.20. The first-order chi connectivity index (χ1) is 8.20. The average Bonchev–Trinajstić information content (AvgIpc) is 2.72. The summed E-state index contributed by atoms with van der Waals surface area (Å²) in [5.74, 6) is 0.126. The third-order valence-corrected chi connectivity index (χ3v) is 2.86. The molecular formula is C12H13BrN2O2. The maximum Gasteiger partial charge on any atom is 0.287 e. The van der Waals surface area contributed by atoms with Gasteiger partial charge in [-0.15, -0.1) is 0 Å². The Bertz CT molecular complexity index is 536. The van der Waals surface area contributed by atoms with Crippen molar-refractivity contribution in [3.8, 4) is 0 Å². The molecule has 0 unspecified atom stereocenters. The maximum atomic E-state index is 11.7. The second kappa shape index (κ2) is 5.33. The average molecular weight is 297 g/mol. The van der Waals surface area contributed by atoms with Crippen LogP contribution in [0.1, 0.15) is 17.0 Å². The number of carbonyl (C=O) groups excluding carboxylic acids is 1. The first kappa shape index (κ1) is 12.1. The summed E-state index contributed by atoms with van der Waals surface area (Å²) >= 11 is 3.37. The van der Waals surface area contributed by atoms with Gasteiger partial charge < -0.3 is 15.5 Å². The molecule has 1 aromatic carbocycles. The van der Waals surface area contributed by atoms with Gasteiger partial charge >= 0.3 is 0 Å². The summed E-state index contributed by atoms with van der Waals surface area (Å²) in [7, 11) is 0. The summed E-state index contributed by atoms with van der Waals surface area (Å²) < 4.78 is 6.41. The number of nitrogens with two attached hydrogens (primary N) is 1. The van der Waals surface area contributed by atoms with Crippen LogP contribution in [0.15, 0.2) is 33.2 Å². The first-order valence-corrected chi connectivity index (χ1v) is 6.17. The molecule has 2 aromatic rings. The summed E-state index contributed by atoms with van der Waals surface area (Å²) in [5, 5.41) is 3.66. The van der Waals surface area contributed by atoms with Crippen molar-refractivity contribution < 1.29 is 9.21 Å². The molecule has 0 aliphatic rings. The quantitative estimate of drug-likeness (QED) is 0.851. The van der Waals surface area contributed by atoms with Crippen molar-refractivity contribution in [3.05, 3.63) is 34.5 Å². The van der Waals surface area contributed by atoms with Crippen LogP contribution in [-0.2, 0) is 0 Å². The van der Waals surface area contributed by atoms with E-state index in [0.717, 1.165) is 16.3 Å². The molecule has 0 atom stereocenters. The van der Waals surface area contributed by atoms with Gasteiger partial charge in [-0.1, -0.05) is 15.9 Å². The number of rotatable bonds is 4. The molecule has 0 spiro atoms. The normalized spacial score (nSPS) is 10.7. The van der Waals surface area contributed by atoms with Crippen LogP contribution in [0.4, 0.5) is 0 Å². The molecule has 0 fully saturated rings. The molecule has 4 nitrogen and oxygen atoms in total. The largest absolute Gasteiger partial charge is 0.451 e. The van der Waals surface area contributed by atoms with Gasteiger partial charge in [-0.2, -0.15) is 0 Å². The maximum absolute atomic E-state index is 11.7. The van der Waals surface area contributed by atoms with Crippen LogP contribution in [0.25, 0.3) is 11.0 Å². The van der Waals surface area contributed by atoms with Gasteiger partial charge in [0.25, 0.3) is 5.91 Å². The minimum atomic E-state index is -0.203. The van der Waals surface area contributed by atoms with E-state index in [9.17, 15) is 4.79 Å². The molecule has 1 aromatic heterocycles. The van der Waals surface area contributed by atoms with E-state index in [4.69, 9.17) is 10.2 Å². The van der Waals surface area contributed by atoms with Gasteiger partial charge in [0.1, 0.15) is 5.58 Å². The number of fused-ring (bicyclic) bond motifs is 1. The molecule has 0 saturated carbocycles. The topological polar surface area (TPSA) is 68.3 Å². The number of hydrogen-bond donors (Lipinski definition) is 2. The molecule has 1 heterocycles. The van der Waals surface area contributed by atoms with Crippen molar-refractivity contribution in [3.63, 3.8) is 0 Å². The SMILES string of the molecule is NCCCNC(=O)c1cc2cc(Br)ccc2o1. The van der Waals surface area contributed by atoms with Crippen molar-refractivity contribution in [2.75, 3.05) is 13.1 Å². The number of nitrogens with one attached hydrogen (secondary N) is 1. The number of carbonyl (C=O) groups is 1. The molecule has 1 amide bonds. The highest BCUT2D eigenvalue weighted by molar-refractivity contribution is 9.10. The fraction of sp³-hybridized carbons (Fsp3) is 0.250. The predicted molar refractivity (Wildman–Crippen MR) is 69.9 cm³/mol. The first-order valence-electron chi connectivity index (χ1n) is 5.38. The molecular weight excluding hydrogens is 284 g/mol. The second-order valence-corrected chi connectivity index (χ2v) is 4.61. The summed E-state index contributed by atoms with van der Waals surface area (Å²) in [6, 6.07) is 7.35. The molecule has 3 N–H and O–H groups in total. The molecule has 0 bridgehead atoms. The lowest BCUT2D eigenvalue weighted by molar-refractivity contribution is 0.0928. The monoisotopic (exact) mass is 296 g/mol. The number of benzene rings is 1. The highest BCUT2D eigenvalue weighted by atomic mass is 79.9. The van der Waals surface area contributed by atoms with E-state index in [0.29, 0.717) is 24.4 Å². The molecule has 90 valence electrons. The van der Waals surface area contributed by atoms with E-state index in [1.165, 1.54) is 0 Å². The number of hydrogen-bond acceptors (Lipinski definition) is 3. The van der Waals surface area contributed by atoms with Gasteiger partial charge in [-0.3, -0.25) is 4.79 Å². The zero-order chi connectivity index (χ0) is 12.3. The Morgan fingerprint density at radius 1 is 1.41 bits per heavy atom. The van der Waals surface area contributed by atoms with Crippen LogP contribution in [0, 0.1) is 0 Å². The fourth-order valence-corrected chi connectivity index (χ4v) is 1.90. The van der Waals surface area contributed by atoms with Gasteiger partial charge in [-0.05, 0) is 37.2 Å². The summed E-state index contributed by atoms with van der Waals surface area (Å²) in [6.45, 7) is 1.13. The van der Waals surface area contributed by atoms with Crippen LogP contribution in [0.5, 0.6) is 0 Å².